The molecule has 0 aliphatic carbocycles. The zero-order chi connectivity index (χ0) is 13.4. The average Bonchev–Trinajstić information content (AvgIpc) is 2.82. The third-order valence-electron chi connectivity index (χ3n) is 3.09. The van der Waals surface area contributed by atoms with Crippen LogP contribution >= 0.6 is 0 Å². The van der Waals surface area contributed by atoms with Gasteiger partial charge in [-0.05, 0) is 35.4 Å². The number of aromatic nitrogens is 1. The fraction of sp³-hybridized carbons (Fsp3) is 0. The number of hydrogen-bond donors (Lipinski definition) is 2. The van der Waals surface area contributed by atoms with Crippen molar-refractivity contribution >= 4 is 16.9 Å². The molecule has 3 nitrogen and oxygen atoms in total. The second-order valence-electron chi connectivity index (χ2n) is 4.27. The van der Waals surface area contributed by atoms with E-state index < -0.39 is 5.97 Å². The van der Waals surface area contributed by atoms with E-state index in [1.165, 1.54) is 18.3 Å². The van der Waals surface area contributed by atoms with Crippen LogP contribution < -0.4 is 0 Å². The van der Waals surface area contributed by atoms with E-state index in [1.807, 2.05) is 12.1 Å². The Kier molecular flexibility index (Phi) is 2.56. The predicted molar refractivity (Wildman–Crippen MR) is 70.7 cm³/mol. The quantitative estimate of drug-likeness (QED) is 0.734. The highest BCUT2D eigenvalue weighted by atomic mass is 19.1. The van der Waals surface area contributed by atoms with E-state index >= 15 is 0 Å². The number of fused-ring (bicyclic) bond motifs is 1. The molecule has 0 aliphatic heterocycles. The zero-order valence-corrected chi connectivity index (χ0v) is 9.85. The molecule has 0 atom stereocenters. The molecule has 0 spiro atoms. The van der Waals surface area contributed by atoms with Crippen molar-refractivity contribution < 1.29 is 14.3 Å². The summed E-state index contributed by atoms with van der Waals surface area (Å²) in [5.41, 5.74) is 2.71. The van der Waals surface area contributed by atoms with Crippen LogP contribution in [0.1, 0.15) is 10.4 Å². The van der Waals surface area contributed by atoms with Crippen LogP contribution in [0, 0.1) is 5.82 Å². The predicted octanol–water partition coefficient (Wildman–Crippen LogP) is 3.67. The molecule has 0 saturated heterocycles. The molecule has 19 heavy (non-hydrogen) atoms. The first-order valence-corrected chi connectivity index (χ1v) is 5.75. The summed E-state index contributed by atoms with van der Waals surface area (Å²) >= 11 is 0. The Balaban J connectivity index is 2.17. The molecule has 3 aromatic rings. The third kappa shape index (κ3) is 1.97. The van der Waals surface area contributed by atoms with Gasteiger partial charge in [0, 0.05) is 17.1 Å². The van der Waals surface area contributed by atoms with Crippen molar-refractivity contribution in [3.05, 3.63) is 60.0 Å². The Morgan fingerprint density at radius 1 is 1.05 bits per heavy atom. The van der Waals surface area contributed by atoms with Crippen LogP contribution in [0.4, 0.5) is 4.39 Å². The van der Waals surface area contributed by atoms with Crippen molar-refractivity contribution in [1.82, 2.24) is 4.98 Å². The maximum atomic E-state index is 12.9. The van der Waals surface area contributed by atoms with Crippen molar-refractivity contribution in [3.8, 4) is 11.1 Å². The molecular weight excluding hydrogens is 245 g/mol. The molecule has 0 saturated carbocycles. The van der Waals surface area contributed by atoms with Crippen molar-refractivity contribution in [2.75, 3.05) is 0 Å². The molecule has 0 aliphatic rings. The third-order valence-corrected chi connectivity index (χ3v) is 3.09. The van der Waals surface area contributed by atoms with Crippen LogP contribution in [0.2, 0.25) is 0 Å². The molecule has 0 bridgehead atoms. The van der Waals surface area contributed by atoms with E-state index in [-0.39, 0.29) is 11.4 Å². The highest BCUT2D eigenvalue weighted by Gasteiger charge is 2.11. The highest BCUT2D eigenvalue weighted by Crippen LogP contribution is 2.26. The second-order valence-corrected chi connectivity index (χ2v) is 4.27. The summed E-state index contributed by atoms with van der Waals surface area (Å²) in [6.07, 6.45) is 1.47. The number of rotatable bonds is 2. The van der Waals surface area contributed by atoms with Crippen molar-refractivity contribution in [1.29, 1.82) is 0 Å². The summed E-state index contributed by atoms with van der Waals surface area (Å²) in [4.78, 5) is 14.0. The van der Waals surface area contributed by atoms with Gasteiger partial charge in [0.2, 0.25) is 0 Å². The summed E-state index contributed by atoms with van der Waals surface area (Å²) in [7, 11) is 0. The molecule has 1 aromatic heterocycles. The van der Waals surface area contributed by atoms with Crippen molar-refractivity contribution in [3.63, 3.8) is 0 Å². The minimum absolute atomic E-state index is 0.235. The largest absolute Gasteiger partial charge is 0.478 e. The number of carboxylic acids is 1. The van der Waals surface area contributed by atoms with Gasteiger partial charge in [0.25, 0.3) is 0 Å². The van der Waals surface area contributed by atoms with Crippen LogP contribution in [0.25, 0.3) is 22.0 Å². The standard InChI is InChI=1S/C15H10FNO2/c16-11-4-1-9(2-5-11)10-3-6-14-12(7-10)13(8-17-14)15(18)19/h1-8,17H,(H,18,19). The number of aromatic amines is 1. The van der Waals surface area contributed by atoms with Gasteiger partial charge < -0.3 is 10.1 Å². The van der Waals surface area contributed by atoms with Crippen molar-refractivity contribution in [2.24, 2.45) is 0 Å². The van der Waals surface area contributed by atoms with E-state index in [1.54, 1.807) is 18.2 Å². The minimum Gasteiger partial charge on any atom is -0.478 e. The SMILES string of the molecule is O=C(O)c1c[nH]c2ccc(-c3ccc(F)cc3)cc12. The van der Waals surface area contributed by atoms with E-state index in [9.17, 15) is 9.18 Å². The summed E-state index contributed by atoms with van der Waals surface area (Å²) < 4.78 is 12.9. The van der Waals surface area contributed by atoms with Gasteiger partial charge in [0.05, 0.1) is 5.56 Å². The smallest absolute Gasteiger partial charge is 0.337 e. The summed E-state index contributed by atoms with van der Waals surface area (Å²) in [6, 6.07) is 11.6. The molecule has 94 valence electrons. The van der Waals surface area contributed by atoms with Gasteiger partial charge in [0.1, 0.15) is 5.82 Å². The molecule has 0 unspecified atom stereocenters. The van der Waals surface area contributed by atoms with Crippen LogP contribution in [0.5, 0.6) is 0 Å². The Hall–Kier alpha value is -2.62. The second kappa shape index (κ2) is 4.24. The number of hydrogen-bond acceptors (Lipinski definition) is 1. The maximum absolute atomic E-state index is 12.9. The van der Waals surface area contributed by atoms with Gasteiger partial charge in [-0.25, -0.2) is 9.18 Å². The lowest BCUT2D eigenvalue weighted by Crippen LogP contribution is -1.93. The van der Waals surface area contributed by atoms with Crippen LogP contribution in [-0.2, 0) is 0 Å². The van der Waals surface area contributed by atoms with Gasteiger partial charge in [-0.3, -0.25) is 0 Å². The first-order chi connectivity index (χ1) is 9.15. The number of halogens is 1. The minimum atomic E-state index is -0.970. The monoisotopic (exact) mass is 255 g/mol. The number of H-pyrrole nitrogens is 1. The molecular formula is C15H10FNO2. The van der Waals surface area contributed by atoms with Gasteiger partial charge in [-0.15, -0.1) is 0 Å². The van der Waals surface area contributed by atoms with Gasteiger partial charge in [-0.1, -0.05) is 18.2 Å². The lowest BCUT2D eigenvalue weighted by atomic mass is 10.0. The molecule has 2 N–H and O–H groups in total. The number of carboxylic acid groups (broad SMARTS) is 1. The maximum Gasteiger partial charge on any atom is 0.337 e. The van der Waals surface area contributed by atoms with E-state index in [2.05, 4.69) is 4.98 Å². The summed E-state index contributed by atoms with van der Waals surface area (Å²) in [5.74, 6) is -1.26. The number of aromatic carboxylic acids is 1. The van der Waals surface area contributed by atoms with E-state index in [4.69, 9.17) is 5.11 Å². The molecule has 3 rings (SSSR count). The Bertz CT molecular complexity index is 759. The Morgan fingerprint density at radius 3 is 2.42 bits per heavy atom. The fourth-order valence-electron chi connectivity index (χ4n) is 2.12. The fourth-order valence-corrected chi connectivity index (χ4v) is 2.12. The zero-order valence-electron chi connectivity index (χ0n) is 9.85. The van der Waals surface area contributed by atoms with Gasteiger partial charge in [-0.2, -0.15) is 0 Å². The molecule has 2 aromatic carbocycles. The van der Waals surface area contributed by atoms with Crippen molar-refractivity contribution in [2.45, 2.75) is 0 Å². The van der Waals surface area contributed by atoms with E-state index in [0.717, 1.165) is 16.6 Å². The first-order valence-electron chi connectivity index (χ1n) is 5.75. The molecule has 0 amide bonds. The van der Waals surface area contributed by atoms with Gasteiger partial charge in [0.15, 0.2) is 0 Å². The number of nitrogens with one attached hydrogen (secondary N) is 1. The van der Waals surface area contributed by atoms with Gasteiger partial charge >= 0.3 is 5.97 Å². The summed E-state index contributed by atoms with van der Waals surface area (Å²) in [6.45, 7) is 0. The Labute approximate surface area is 108 Å². The molecule has 0 radical (unpaired) electrons. The first kappa shape index (κ1) is 11.5. The lowest BCUT2D eigenvalue weighted by Gasteiger charge is -2.02. The topological polar surface area (TPSA) is 53.1 Å². The lowest BCUT2D eigenvalue weighted by molar-refractivity contribution is 0.0699. The van der Waals surface area contributed by atoms with E-state index in [0.29, 0.717) is 5.39 Å². The molecule has 4 heteroatoms. The van der Waals surface area contributed by atoms with Crippen LogP contribution in [0.15, 0.2) is 48.7 Å². The Morgan fingerprint density at radius 2 is 1.74 bits per heavy atom. The number of benzene rings is 2. The number of carbonyl (C=O) groups is 1. The molecule has 0 fully saturated rings. The molecule has 1 heterocycles. The normalized spacial score (nSPS) is 10.8. The average molecular weight is 255 g/mol. The van der Waals surface area contributed by atoms with Crippen LogP contribution in [-0.4, -0.2) is 16.1 Å². The van der Waals surface area contributed by atoms with Crippen LogP contribution in [0.3, 0.4) is 0 Å². The highest BCUT2D eigenvalue weighted by molar-refractivity contribution is 6.04. The summed E-state index contributed by atoms with van der Waals surface area (Å²) in [5, 5.41) is 9.75.